The molecular formula is C36H6N2. The van der Waals surface area contributed by atoms with Crippen LogP contribution in [0.3, 0.4) is 0 Å². The minimum Gasteiger partial charge on any atom is -0.379 e. The lowest BCUT2D eigenvalue weighted by atomic mass is 10.6. The lowest BCUT2D eigenvalue weighted by Gasteiger charge is -1.72. The molecule has 0 spiro atoms. The van der Waals surface area contributed by atoms with Gasteiger partial charge in [0.2, 0.25) is 0 Å². The molecule has 0 fully saturated rings. The van der Waals surface area contributed by atoms with Crippen LogP contribution in [0.2, 0.25) is 0 Å². The van der Waals surface area contributed by atoms with Crippen LogP contribution < -0.4 is 11.5 Å². The SMILES string of the molecule is C=C=C=C=C=C=C=C=C=C=C=C=C=C=C=C=C=C=C=C=C=C=C=C=C=C=C=C=C=C=C=C=C=C=C=C(N)N. The zero-order valence-electron chi connectivity index (χ0n) is 19.4. The highest BCUT2D eigenvalue weighted by Crippen LogP contribution is 1.60. The van der Waals surface area contributed by atoms with Crippen molar-refractivity contribution in [2.45, 2.75) is 0 Å². The van der Waals surface area contributed by atoms with Gasteiger partial charge in [-0.2, -0.15) is 0 Å². The second-order valence-electron chi connectivity index (χ2n) is 4.76. The summed E-state index contributed by atoms with van der Waals surface area (Å²) in [5.41, 5.74) is 94.4. The topological polar surface area (TPSA) is 52.0 Å². The highest BCUT2D eigenvalue weighted by Gasteiger charge is 1.59. The van der Waals surface area contributed by atoms with Crippen LogP contribution in [0.1, 0.15) is 0 Å². The number of hydrogen-bond donors (Lipinski definition) is 2. The zero-order chi connectivity index (χ0) is 27.6. The molecule has 0 aromatic rings. The highest BCUT2D eigenvalue weighted by atomic mass is 14.8. The van der Waals surface area contributed by atoms with Gasteiger partial charge in [-0.15, -0.1) is 0 Å². The fraction of sp³-hybridized carbons (Fsp3) is 0. The maximum atomic E-state index is 5.14. The van der Waals surface area contributed by atoms with Gasteiger partial charge in [0.05, 0.1) is 0 Å². The van der Waals surface area contributed by atoms with Crippen LogP contribution in [0.5, 0.6) is 0 Å². The maximum absolute atomic E-state index is 5.14. The van der Waals surface area contributed by atoms with Crippen molar-refractivity contribution < 1.29 is 0 Å². The second-order valence-corrected chi connectivity index (χ2v) is 4.76. The molecule has 0 rings (SSSR count). The van der Waals surface area contributed by atoms with Crippen LogP contribution >= 0.6 is 0 Å². The Labute approximate surface area is 218 Å². The molecule has 0 radical (unpaired) electrons. The van der Waals surface area contributed by atoms with Crippen LogP contribution in [0, 0.1) is 0 Å². The summed E-state index contributed by atoms with van der Waals surface area (Å²) in [5.74, 6) is -0.0150. The van der Waals surface area contributed by atoms with Crippen molar-refractivity contribution in [1.29, 1.82) is 0 Å². The number of rotatable bonds is 0. The summed E-state index contributed by atoms with van der Waals surface area (Å²) in [6.45, 7) is 3.31. The molecule has 0 bridgehead atoms. The van der Waals surface area contributed by atoms with Gasteiger partial charge in [0, 0.05) is 91.7 Å². The molecule has 0 atom stereocenters. The Balaban J connectivity index is 6.00. The summed E-state index contributed by atoms with van der Waals surface area (Å²) in [6.07, 6.45) is 0. The minimum atomic E-state index is -0.0150. The minimum absolute atomic E-state index is 0.0150. The van der Waals surface area contributed by atoms with Gasteiger partial charge in [0.25, 0.3) is 0 Å². The quantitative estimate of drug-likeness (QED) is 0.511. The maximum Gasteiger partial charge on any atom is 0.147 e. The molecule has 0 amide bonds. The summed E-state index contributed by atoms with van der Waals surface area (Å²) in [4.78, 5) is 0. The van der Waals surface area contributed by atoms with Gasteiger partial charge in [-0.05, 0) is 104 Å². The van der Waals surface area contributed by atoms with Gasteiger partial charge < -0.3 is 11.5 Å². The van der Waals surface area contributed by atoms with Crippen molar-refractivity contribution in [3.8, 4) is 0 Å². The molecule has 0 saturated heterocycles. The molecule has 2 nitrogen and oxygen atoms in total. The Kier molecular flexibility index (Phi) is 21.1. The van der Waals surface area contributed by atoms with Gasteiger partial charge in [0.15, 0.2) is 0 Å². The fourth-order valence-electron chi connectivity index (χ4n) is 1.09. The standard InChI is InChI=1S/C36H6N2/c1-2-3-4-5-6-7-8-9-10-11-12-13-14-15-16-17-18-19-20-21-22-23-24-25-26-27-28-29-30-31-32-33-34-35-36(37)38/h1,37-38H2. The summed E-state index contributed by atoms with van der Waals surface area (Å²) in [6, 6.07) is 0. The van der Waals surface area contributed by atoms with E-state index in [2.05, 4.69) is 201 Å². The first-order valence-corrected chi connectivity index (χ1v) is 9.43. The fourth-order valence-corrected chi connectivity index (χ4v) is 1.09. The molecule has 2 heteroatoms. The average molecular weight is 466 g/mol. The predicted octanol–water partition coefficient (Wildman–Crippen LogP) is 4.65. The molecule has 0 aliphatic rings. The van der Waals surface area contributed by atoms with Gasteiger partial charge in [-0.3, -0.25) is 0 Å². The molecule has 0 aromatic carbocycles. The Morgan fingerprint density at radius 3 is 0.579 bits per heavy atom. The molecule has 38 heavy (non-hydrogen) atoms. The lowest BCUT2D eigenvalue weighted by Crippen LogP contribution is -2.05. The molecule has 0 unspecified atom stereocenters. The van der Waals surface area contributed by atoms with E-state index in [0.717, 1.165) is 0 Å². The van der Waals surface area contributed by atoms with Crippen molar-refractivity contribution in [2.24, 2.45) is 11.5 Å². The van der Waals surface area contributed by atoms with Gasteiger partial charge in [-0.1, -0.05) is 5.73 Å². The van der Waals surface area contributed by atoms with Crippen molar-refractivity contribution in [1.82, 2.24) is 0 Å². The van der Waals surface area contributed by atoms with E-state index in [1.807, 2.05) is 0 Å². The van der Waals surface area contributed by atoms with E-state index in [-0.39, 0.29) is 5.82 Å². The summed E-state index contributed by atoms with van der Waals surface area (Å²) in [7, 11) is 0. The Morgan fingerprint density at radius 2 is 0.421 bits per heavy atom. The molecular weight excluding hydrogens is 460 g/mol. The molecule has 0 aliphatic heterocycles. The predicted molar refractivity (Wildman–Crippen MR) is 137 cm³/mol. The first-order valence-electron chi connectivity index (χ1n) is 9.43. The van der Waals surface area contributed by atoms with E-state index in [0.29, 0.717) is 0 Å². The molecule has 0 saturated carbocycles. The molecule has 0 aromatic heterocycles. The smallest absolute Gasteiger partial charge is 0.147 e. The van der Waals surface area contributed by atoms with Crippen LogP contribution in [-0.2, 0) is 0 Å². The Hall–Kier alpha value is -8.14. The molecule has 160 valence electrons. The van der Waals surface area contributed by atoms with E-state index in [1.54, 1.807) is 0 Å². The van der Waals surface area contributed by atoms with Crippen LogP contribution in [0.15, 0.2) is 207 Å². The lowest BCUT2D eigenvalue weighted by molar-refractivity contribution is 1.26. The van der Waals surface area contributed by atoms with Crippen LogP contribution in [-0.4, -0.2) is 0 Å². The summed E-state index contributed by atoms with van der Waals surface area (Å²) in [5, 5.41) is 0. The normalized spacial score (nSPS) is 4.21. The van der Waals surface area contributed by atoms with Gasteiger partial charge in [-0.25, -0.2) is 0 Å². The second kappa shape index (κ2) is 26.9. The third kappa shape index (κ3) is 27.9. The third-order valence-corrected chi connectivity index (χ3v) is 2.23. The first-order chi connectivity index (χ1) is 18.8. The van der Waals surface area contributed by atoms with Crippen molar-refractivity contribution >= 4 is 0 Å². The summed E-state index contributed by atoms with van der Waals surface area (Å²) >= 11 is 0. The van der Waals surface area contributed by atoms with Crippen molar-refractivity contribution in [2.75, 3.05) is 0 Å². The van der Waals surface area contributed by atoms with E-state index in [1.165, 1.54) is 0 Å². The van der Waals surface area contributed by atoms with Crippen molar-refractivity contribution in [3.63, 3.8) is 0 Å². The molecule has 4 N–H and O–H groups in total. The van der Waals surface area contributed by atoms with E-state index < -0.39 is 0 Å². The van der Waals surface area contributed by atoms with E-state index in [9.17, 15) is 0 Å². The summed E-state index contributed by atoms with van der Waals surface area (Å²) < 4.78 is 0. The van der Waals surface area contributed by atoms with Gasteiger partial charge in [0.1, 0.15) is 5.82 Å². The highest BCUT2D eigenvalue weighted by molar-refractivity contribution is 4.96. The van der Waals surface area contributed by atoms with Crippen molar-refractivity contribution in [3.05, 3.63) is 207 Å². The zero-order valence-corrected chi connectivity index (χ0v) is 19.4. The third-order valence-electron chi connectivity index (χ3n) is 2.23. The van der Waals surface area contributed by atoms with E-state index in [4.69, 9.17) is 11.5 Å². The van der Waals surface area contributed by atoms with Crippen LogP contribution in [0.4, 0.5) is 0 Å². The van der Waals surface area contributed by atoms with E-state index >= 15 is 0 Å². The Bertz CT molecular complexity index is 2360. The Morgan fingerprint density at radius 1 is 0.263 bits per heavy atom. The number of nitrogens with two attached hydrogens (primary N) is 2. The number of hydrogen-bond acceptors (Lipinski definition) is 2. The monoisotopic (exact) mass is 466 g/mol. The first kappa shape index (κ1) is 29.9. The molecule has 0 aliphatic carbocycles. The van der Waals surface area contributed by atoms with Gasteiger partial charge >= 0.3 is 0 Å². The average Bonchev–Trinajstić information content (AvgIpc) is 2.91. The van der Waals surface area contributed by atoms with Crippen LogP contribution in [0.25, 0.3) is 0 Å². The largest absolute Gasteiger partial charge is 0.379 e. The molecule has 0 heterocycles.